The molecule has 3 nitrogen and oxygen atoms in total. The van der Waals surface area contributed by atoms with Crippen molar-refractivity contribution in [3.05, 3.63) is 30.6 Å². The highest BCUT2D eigenvalue weighted by Crippen LogP contribution is 1.98. The van der Waals surface area contributed by atoms with Crippen molar-refractivity contribution in [2.24, 2.45) is 5.92 Å². The predicted octanol–water partition coefficient (Wildman–Crippen LogP) is 2.31. The van der Waals surface area contributed by atoms with Gasteiger partial charge in [-0.2, -0.15) is 0 Å². The lowest BCUT2D eigenvalue weighted by molar-refractivity contribution is -0.697. The van der Waals surface area contributed by atoms with E-state index in [1.165, 1.54) is 0 Å². The van der Waals surface area contributed by atoms with Crippen molar-refractivity contribution >= 4 is 5.91 Å². The third-order valence-electron chi connectivity index (χ3n) is 2.89. The van der Waals surface area contributed by atoms with E-state index < -0.39 is 0 Å². The van der Waals surface area contributed by atoms with Crippen LogP contribution in [0.1, 0.15) is 39.5 Å². The summed E-state index contributed by atoms with van der Waals surface area (Å²) in [7, 11) is 0. The molecule has 0 spiro atoms. The molecule has 1 rings (SSSR count). The minimum Gasteiger partial charge on any atom is -0.356 e. The van der Waals surface area contributed by atoms with Crippen molar-refractivity contribution in [3.8, 4) is 0 Å². The van der Waals surface area contributed by atoms with Crippen LogP contribution in [0.5, 0.6) is 0 Å². The first-order valence-corrected chi connectivity index (χ1v) is 6.89. The molecule has 0 aromatic carbocycles. The summed E-state index contributed by atoms with van der Waals surface area (Å²) in [6.45, 7) is 6.14. The normalized spacial score (nSPS) is 10.6. The van der Waals surface area contributed by atoms with Crippen molar-refractivity contribution < 1.29 is 9.36 Å². The molecule has 0 saturated carbocycles. The second-order valence-corrected chi connectivity index (χ2v) is 5.10. The van der Waals surface area contributed by atoms with Crippen LogP contribution in [0.2, 0.25) is 0 Å². The van der Waals surface area contributed by atoms with Gasteiger partial charge in [-0.05, 0) is 18.8 Å². The summed E-state index contributed by atoms with van der Waals surface area (Å²) in [6.07, 6.45) is 7.82. The number of amides is 1. The minimum absolute atomic E-state index is 0.189. The lowest BCUT2D eigenvalue weighted by atomic mass is 10.1. The van der Waals surface area contributed by atoms with Crippen LogP contribution in [0.3, 0.4) is 0 Å². The molecule has 1 heterocycles. The molecule has 0 aliphatic heterocycles. The molecular weight excluding hydrogens is 224 g/mol. The number of carbonyl (C=O) groups is 1. The number of hydrogen-bond acceptors (Lipinski definition) is 1. The fraction of sp³-hybridized carbons (Fsp3) is 0.600. The van der Waals surface area contributed by atoms with Crippen molar-refractivity contribution in [1.29, 1.82) is 0 Å². The number of aryl methyl sites for hydroxylation is 1. The zero-order valence-corrected chi connectivity index (χ0v) is 11.6. The Morgan fingerprint density at radius 3 is 2.56 bits per heavy atom. The van der Waals surface area contributed by atoms with Crippen LogP contribution in [0, 0.1) is 5.92 Å². The molecule has 1 amide bonds. The minimum atomic E-state index is 0.189. The third-order valence-corrected chi connectivity index (χ3v) is 2.89. The van der Waals surface area contributed by atoms with Crippen LogP contribution in [0.4, 0.5) is 0 Å². The Morgan fingerprint density at radius 1 is 1.17 bits per heavy atom. The average Bonchev–Trinajstić information content (AvgIpc) is 2.35. The van der Waals surface area contributed by atoms with Gasteiger partial charge in [0.25, 0.3) is 0 Å². The quantitative estimate of drug-likeness (QED) is 0.556. The maximum absolute atomic E-state index is 11.5. The molecule has 0 bridgehead atoms. The molecule has 3 heteroatoms. The Morgan fingerprint density at radius 2 is 1.89 bits per heavy atom. The van der Waals surface area contributed by atoms with Gasteiger partial charge in [0.05, 0.1) is 0 Å². The van der Waals surface area contributed by atoms with E-state index in [0.717, 1.165) is 32.4 Å². The zero-order valence-electron chi connectivity index (χ0n) is 11.6. The Kier molecular flexibility index (Phi) is 7.07. The van der Waals surface area contributed by atoms with Gasteiger partial charge in [0.15, 0.2) is 12.4 Å². The van der Waals surface area contributed by atoms with Crippen LogP contribution >= 0.6 is 0 Å². The van der Waals surface area contributed by atoms with E-state index in [1.54, 1.807) is 0 Å². The molecule has 0 unspecified atom stereocenters. The van der Waals surface area contributed by atoms with Gasteiger partial charge in [-0.15, -0.1) is 0 Å². The van der Waals surface area contributed by atoms with Gasteiger partial charge in [-0.1, -0.05) is 19.9 Å². The second-order valence-electron chi connectivity index (χ2n) is 5.10. The smallest absolute Gasteiger partial charge is 0.219 e. The molecule has 100 valence electrons. The molecule has 0 radical (unpaired) electrons. The molecule has 0 aliphatic rings. The van der Waals surface area contributed by atoms with Crippen LogP contribution in [-0.4, -0.2) is 12.5 Å². The maximum atomic E-state index is 11.5. The molecule has 0 fully saturated rings. The number of nitrogens with one attached hydrogen (secondary N) is 1. The van der Waals surface area contributed by atoms with Gasteiger partial charge in [-0.25, -0.2) is 4.57 Å². The number of aromatic nitrogens is 1. The third kappa shape index (κ3) is 7.05. The number of hydrogen-bond donors (Lipinski definition) is 1. The second kappa shape index (κ2) is 8.67. The van der Waals surface area contributed by atoms with E-state index in [4.69, 9.17) is 0 Å². The summed E-state index contributed by atoms with van der Waals surface area (Å²) >= 11 is 0. The molecule has 1 N–H and O–H groups in total. The van der Waals surface area contributed by atoms with Crippen molar-refractivity contribution in [2.75, 3.05) is 6.54 Å². The van der Waals surface area contributed by atoms with E-state index >= 15 is 0 Å². The van der Waals surface area contributed by atoms with E-state index in [-0.39, 0.29) is 5.91 Å². The van der Waals surface area contributed by atoms with Crippen LogP contribution in [0.25, 0.3) is 0 Å². The Labute approximate surface area is 110 Å². The summed E-state index contributed by atoms with van der Waals surface area (Å²) < 4.78 is 2.15. The SMILES string of the molecule is CC(C)CCNC(=O)CCCC[n+]1ccccc1. The Bertz CT molecular complexity index is 336. The molecule has 0 aliphatic carbocycles. The fourth-order valence-corrected chi connectivity index (χ4v) is 1.75. The first kappa shape index (κ1) is 14.7. The van der Waals surface area contributed by atoms with Crippen LogP contribution in [-0.2, 0) is 11.3 Å². The fourth-order valence-electron chi connectivity index (χ4n) is 1.75. The molecular formula is C15H25N2O+. The summed E-state index contributed by atoms with van der Waals surface area (Å²) in [5.74, 6) is 0.841. The molecule has 18 heavy (non-hydrogen) atoms. The molecule has 1 aromatic heterocycles. The lowest BCUT2D eigenvalue weighted by Crippen LogP contribution is -2.32. The van der Waals surface area contributed by atoms with E-state index in [1.807, 2.05) is 18.2 Å². The van der Waals surface area contributed by atoms with E-state index in [9.17, 15) is 4.79 Å². The lowest BCUT2D eigenvalue weighted by Gasteiger charge is -2.06. The Hall–Kier alpha value is -1.38. The zero-order chi connectivity index (χ0) is 13.2. The van der Waals surface area contributed by atoms with Crippen molar-refractivity contribution in [2.45, 2.75) is 46.1 Å². The van der Waals surface area contributed by atoms with Gasteiger partial charge in [-0.3, -0.25) is 4.79 Å². The number of carbonyl (C=O) groups excluding carboxylic acids is 1. The number of rotatable bonds is 8. The summed E-state index contributed by atoms with van der Waals surface area (Å²) in [4.78, 5) is 11.5. The van der Waals surface area contributed by atoms with Crippen LogP contribution < -0.4 is 9.88 Å². The van der Waals surface area contributed by atoms with Crippen LogP contribution in [0.15, 0.2) is 30.6 Å². The highest BCUT2D eigenvalue weighted by Gasteiger charge is 2.03. The summed E-state index contributed by atoms with van der Waals surface area (Å²) in [6, 6.07) is 6.07. The number of nitrogens with zero attached hydrogens (tertiary/aromatic N) is 1. The standard InChI is InChI=1S/C15H24N2O/c1-14(2)9-10-16-15(18)8-4-7-13-17-11-5-3-6-12-17/h3,5-6,11-12,14H,4,7-10,13H2,1-2H3/p+1. The number of pyridine rings is 1. The topological polar surface area (TPSA) is 33.0 Å². The van der Waals surface area contributed by atoms with E-state index in [0.29, 0.717) is 12.3 Å². The highest BCUT2D eigenvalue weighted by atomic mass is 16.1. The molecule has 1 aromatic rings. The van der Waals surface area contributed by atoms with Gasteiger partial charge >= 0.3 is 0 Å². The van der Waals surface area contributed by atoms with Gasteiger partial charge < -0.3 is 5.32 Å². The van der Waals surface area contributed by atoms with Crippen molar-refractivity contribution in [3.63, 3.8) is 0 Å². The molecule has 0 saturated heterocycles. The van der Waals surface area contributed by atoms with Crippen molar-refractivity contribution in [1.82, 2.24) is 5.32 Å². The monoisotopic (exact) mass is 249 g/mol. The van der Waals surface area contributed by atoms with E-state index in [2.05, 4.69) is 36.1 Å². The summed E-state index contributed by atoms with van der Waals surface area (Å²) in [5.41, 5.74) is 0. The maximum Gasteiger partial charge on any atom is 0.219 e. The van der Waals surface area contributed by atoms with Gasteiger partial charge in [0.1, 0.15) is 6.54 Å². The Balaban J connectivity index is 2.02. The van der Waals surface area contributed by atoms with Gasteiger partial charge in [0, 0.05) is 31.5 Å². The largest absolute Gasteiger partial charge is 0.356 e. The summed E-state index contributed by atoms with van der Waals surface area (Å²) in [5, 5.41) is 2.97. The predicted molar refractivity (Wildman–Crippen MR) is 73.0 cm³/mol. The highest BCUT2D eigenvalue weighted by molar-refractivity contribution is 5.75. The first-order chi connectivity index (χ1) is 8.68. The number of unbranched alkanes of at least 4 members (excludes halogenated alkanes) is 1. The average molecular weight is 249 g/mol. The van der Waals surface area contributed by atoms with Gasteiger partial charge in [0.2, 0.25) is 5.91 Å². The molecule has 0 atom stereocenters. The first-order valence-electron chi connectivity index (χ1n) is 6.89.